The zero-order valence-corrected chi connectivity index (χ0v) is 18.0. The smallest absolute Gasteiger partial charge is 0.307 e. The summed E-state index contributed by atoms with van der Waals surface area (Å²) < 4.78 is 5.46. The highest BCUT2D eigenvalue weighted by Gasteiger charge is 2.46. The maximum absolute atomic E-state index is 11.4. The number of carboxylic acids is 1. The van der Waals surface area contributed by atoms with E-state index in [0.29, 0.717) is 18.9 Å². The van der Waals surface area contributed by atoms with Gasteiger partial charge in [0.15, 0.2) is 0 Å². The van der Waals surface area contributed by atoms with Crippen LogP contribution < -0.4 is 4.90 Å². The molecule has 2 atom stereocenters. The summed E-state index contributed by atoms with van der Waals surface area (Å²) in [4.78, 5) is 18.6. The van der Waals surface area contributed by atoms with Crippen LogP contribution in [0.15, 0.2) is 48.7 Å². The van der Waals surface area contributed by atoms with Crippen LogP contribution in [0.5, 0.6) is 0 Å². The predicted molar refractivity (Wildman–Crippen MR) is 122 cm³/mol. The van der Waals surface area contributed by atoms with Crippen molar-refractivity contribution >= 4 is 28.1 Å². The number of aromatic nitrogens is 1. The number of hydrogen-bond donors (Lipinski definition) is 1. The van der Waals surface area contributed by atoms with Crippen molar-refractivity contribution < 1.29 is 14.6 Å². The molecule has 0 bridgehead atoms. The highest BCUT2D eigenvalue weighted by atomic mass is 16.5. The predicted octanol–water partition coefficient (Wildman–Crippen LogP) is 5.43. The van der Waals surface area contributed by atoms with Gasteiger partial charge in [-0.2, -0.15) is 0 Å². The standard InChI is InChI=1S/C26H28N2O3/c1-16-7-10-24(21-6-4-3-5-20(16)21)28(14-17-8-9-17)19-11-18(15-31-2)25(27-13-19)22-12-23(22)26(29)30/h3-7,10-11,13,17,22-23H,8-9,12,14-15H2,1-2H3,(H,29,30). The Hall–Kier alpha value is -2.92. The molecule has 0 spiro atoms. The number of benzene rings is 2. The number of rotatable bonds is 8. The molecule has 5 heteroatoms. The molecule has 5 rings (SSSR count). The van der Waals surface area contributed by atoms with Gasteiger partial charge in [0.25, 0.3) is 0 Å². The first-order valence-electron chi connectivity index (χ1n) is 11.0. The van der Waals surface area contributed by atoms with Crippen molar-refractivity contribution in [1.29, 1.82) is 0 Å². The van der Waals surface area contributed by atoms with Gasteiger partial charge in [-0.15, -0.1) is 0 Å². The Labute approximate surface area is 182 Å². The Kier molecular flexibility index (Phi) is 5.14. The number of aliphatic carboxylic acids is 1. The first-order chi connectivity index (χ1) is 15.1. The number of methoxy groups -OCH3 is 1. The minimum absolute atomic E-state index is 0.00575. The Balaban J connectivity index is 1.58. The quantitative estimate of drug-likeness (QED) is 0.531. The van der Waals surface area contributed by atoms with Crippen LogP contribution in [0, 0.1) is 18.8 Å². The summed E-state index contributed by atoms with van der Waals surface area (Å²) in [6.07, 6.45) is 5.10. The van der Waals surface area contributed by atoms with Gasteiger partial charge in [0.1, 0.15) is 0 Å². The minimum atomic E-state index is -0.735. The molecule has 2 aliphatic rings. The highest BCUT2D eigenvalue weighted by molar-refractivity contribution is 5.98. The van der Waals surface area contributed by atoms with E-state index in [0.717, 1.165) is 23.5 Å². The average molecular weight is 417 g/mol. The summed E-state index contributed by atoms with van der Waals surface area (Å²) in [7, 11) is 1.67. The van der Waals surface area contributed by atoms with E-state index in [1.54, 1.807) is 7.11 Å². The van der Waals surface area contributed by atoms with Gasteiger partial charge in [-0.1, -0.05) is 30.3 Å². The van der Waals surface area contributed by atoms with E-state index in [9.17, 15) is 9.90 Å². The SMILES string of the molecule is COCc1cc(N(CC2CC2)c2ccc(C)c3ccccc23)cnc1C1CC1C(=O)O. The van der Waals surface area contributed by atoms with Crippen LogP contribution in [-0.2, 0) is 16.1 Å². The number of fused-ring (bicyclic) bond motifs is 1. The number of ether oxygens (including phenoxy) is 1. The number of anilines is 2. The fourth-order valence-electron chi connectivity index (χ4n) is 4.60. The molecule has 0 amide bonds. The number of nitrogens with zero attached hydrogens (tertiary/aromatic N) is 2. The molecule has 160 valence electrons. The molecule has 1 N–H and O–H groups in total. The first kappa shape index (κ1) is 20.0. The van der Waals surface area contributed by atoms with Crippen LogP contribution in [0.3, 0.4) is 0 Å². The van der Waals surface area contributed by atoms with Gasteiger partial charge in [-0.05, 0) is 55.2 Å². The lowest BCUT2D eigenvalue weighted by molar-refractivity contribution is -0.138. The normalized spacial score (nSPS) is 20.1. The monoisotopic (exact) mass is 416 g/mol. The van der Waals surface area contributed by atoms with E-state index < -0.39 is 5.97 Å². The molecule has 2 aromatic carbocycles. The Morgan fingerprint density at radius 1 is 1.19 bits per heavy atom. The van der Waals surface area contributed by atoms with Crippen molar-refractivity contribution in [2.45, 2.75) is 38.7 Å². The van der Waals surface area contributed by atoms with Crippen molar-refractivity contribution in [3.63, 3.8) is 0 Å². The summed E-state index contributed by atoms with van der Waals surface area (Å²) in [6.45, 7) is 3.55. The Morgan fingerprint density at radius 2 is 1.97 bits per heavy atom. The van der Waals surface area contributed by atoms with E-state index in [1.807, 2.05) is 6.20 Å². The summed E-state index contributed by atoms with van der Waals surface area (Å²) in [5.41, 5.74) is 5.38. The second-order valence-corrected chi connectivity index (χ2v) is 8.96. The molecule has 1 aromatic heterocycles. The van der Waals surface area contributed by atoms with Gasteiger partial charge < -0.3 is 14.7 Å². The van der Waals surface area contributed by atoms with Gasteiger partial charge in [0.05, 0.1) is 24.4 Å². The van der Waals surface area contributed by atoms with E-state index in [1.165, 1.54) is 34.9 Å². The average Bonchev–Trinajstić information content (AvgIpc) is 3.68. The topological polar surface area (TPSA) is 62.7 Å². The third kappa shape index (κ3) is 3.90. The molecule has 2 fully saturated rings. The highest BCUT2D eigenvalue weighted by Crippen LogP contribution is 2.48. The van der Waals surface area contributed by atoms with Crippen molar-refractivity contribution in [1.82, 2.24) is 4.98 Å². The lowest BCUT2D eigenvalue weighted by atomic mass is 10.0. The molecule has 0 aliphatic heterocycles. The fourth-order valence-corrected chi connectivity index (χ4v) is 4.60. The van der Waals surface area contributed by atoms with Crippen LogP contribution >= 0.6 is 0 Å². The molecule has 2 aliphatic carbocycles. The molecular formula is C26H28N2O3. The number of carbonyl (C=O) groups is 1. The molecule has 3 aromatic rings. The molecule has 1 heterocycles. The number of aryl methyl sites for hydroxylation is 1. The molecule has 0 saturated heterocycles. The van der Waals surface area contributed by atoms with E-state index in [-0.39, 0.29) is 11.8 Å². The minimum Gasteiger partial charge on any atom is -0.481 e. The second-order valence-electron chi connectivity index (χ2n) is 8.96. The number of pyridine rings is 1. The first-order valence-corrected chi connectivity index (χ1v) is 11.0. The molecule has 5 nitrogen and oxygen atoms in total. The van der Waals surface area contributed by atoms with Crippen LogP contribution in [0.1, 0.15) is 42.0 Å². The van der Waals surface area contributed by atoms with Crippen LogP contribution in [0.4, 0.5) is 11.4 Å². The molecule has 0 radical (unpaired) electrons. The Bertz CT molecular complexity index is 1140. The maximum Gasteiger partial charge on any atom is 0.307 e. The van der Waals surface area contributed by atoms with Gasteiger partial charge >= 0.3 is 5.97 Å². The number of hydrogen-bond acceptors (Lipinski definition) is 4. The molecule has 31 heavy (non-hydrogen) atoms. The van der Waals surface area contributed by atoms with E-state index in [4.69, 9.17) is 9.72 Å². The number of carboxylic acid groups (broad SMARTS) is 1. The Morgan fingerprint density at radius 3 is 2.65 bits per heavy atom. The summed E-state index contributed by atoms with van der Waals surface area (Å²) in [5, 5.41) is 11.9. The summed E-state index contributed by atoms with van der Waals surface area (Å²) in [5.74, 6) is -0.363. The van der Waals surface area contributed by atoms with Crippen molar-refractivity contribution in [2.24, 2.45) is 11.8 Å². The fraction of sp³-hybridized carbons (Fsp3) is 0.385. The molecule has 2 unspecified atom stereocenters. The molecule has 2 saturated carbocycles. The molecular weight excluding hydrogens is 388 g/mol. The van der Waals surface area contributed by atoms with Crippen molar-refractivity contribution in [3.8, 4) is 0 Å². The zero-order valence-electron chi connectivity index (χ0n) is 18.0. The lowest BCUT2D eigenvalue weighted by Crippen LogP contribution is -2.21. The van der Waals surface area contributed by atoms with Crippen LogP contribution in [-0.4, -0.2) is 29.7 Å². The third-order valence-corrected chi connectivity index (χ3v) is 6.60. The van der Waals surface area contributed by atoms with E-state index in [2.05, 4.69) is 54.3 Å². The van der Waals surface area contributed by atoms with E-state index >= 15 is 0 Å². The summed E-state index contributed by atoms with van der Waals surface area (Å²) >= 11 is 0. The van der Waals surface area contributed by atoms with Gasteiger partial charge in [-0.3, -0.25) is 9.78 Å². The van der Waals surface area contributed by atoms with Gasteiger partial charge in [0, 0.05) is 41.9 Å². The maximum atomic E-state index is 11.4. The van der Waals surface area contributed by atoms with Crippen LogP contribution in [0.2, 0.25) is 0 Å². The van der Waals surface area contributed by atoms with Gasteiger partial charge in [-0.25, -0.2) is 0 Å². The van der Waals surface area contributed by atoms with Crippen molar-refractivity contribution in [3.05, 3.63) is 65.5 Å². The van der Waals surface area contributed by atoms with Gasteiger partial charge in [0.2, 0.25) is 0 Å². The lowest BCUT2D eigenvalue weighted by Gasteiger charge is -2.27. The van der Waals surface area contributed by atoms with Crippen molar-refractivity contribution in [2.75, 3.05) is 18.6 Å². The largest absolute Gasteiger partial charge is 0.481 e. The third-order valence-electron chi connectivity index (χ3n) is 6.60. The zero-order chi connectivity index (χ0) is 21.5. The summed E-state index contributed by atoms with van der Waals surface area (Å²) in [6, 6.07) is 15.1. The second kappa shape index (κ2) is 7.97. The van der Waals surface area contributed by atoms with Crippen LogP contribution in [0.25, 0.3) is 10.8 Å².